The van der Waals surface area contributed by atoms with E-state index in [2.05, 4.69) is 30.5 Å². The Bertz CT molecular complexity index is 409. The normalized spacial score (nSPS) is 16.8. The van der Waals surface area contributed by atoms with E-state index in [4.69, 9.17) is 0 Å². The van der Waals surface area contributed by atoms with E-state index in [0.29, 0.717) is 6.42 Å². The number of rotatable bonds is 6. The summed E-state index contributed by atoms with van der Waals surface area (Å²) >= 11 is 0. The summed E-state index contributed by atoms with van der Waals surface area (Å²) in [5.74, 6) is 0.279. The minimum absolute atomic E-state index is 0.242. The molecule has 1 atom stereocenters. The van der Waals surface area contributed by atoms with Crippen molar-refractivity contribution in [1.82, 2.24) is 20.0 Å². The maximum Gasteiger partial charge on any atom is 0.223 e. The molecule has 2 heterocycles. The van der Waals surface area contributed by atoms with Crippen LogP contribution in [0, 0.1) is 0 Å². The van der Waals surface area contributed by atoms with Crippen LogP contribution in [-0.2, 0) is 11.3 Å². The zero-order chi connectivity index (χ0) is 13.7. The molecule has 106 valence electrons. The molecule has 0 radical (unpaired) electrons. The molecule has 1 amide bonds. The molecule has 1 saturated heterocycles. The maximum atomic E-state index is 11.9. The molecule has 1 aromatic rings. The van der Waals surface area contributed by atoms with Gasteiger partial charge in [-0.1, -0.05) is 0 Å². The lowest BCUT2D eigenvalue weighted by molar-refractivity contribution is -0.130. The number of amides is 1. The van der Waals surface area contributed by atoms with Crippen LogP contribution in [0.2, 0.25) is 0 Å². The molecule has 1 fully saturated rings. The van der Waals surface area contributed by atoms with Crippen LogP contribution < -0.4 is 5.32 Å². The lowest BCUT2D eigenvalue weighted by atomic mass is 10.2. The van der Waals surface area contributed by atoms with Crippen LogP contribution in [0.25, 0.3) is 0 Å². The van der Waals surface area contributed by atoms with Gasteiger partial charge in [0.1, 0.15) is 0 Å². The van der Waals surface area contributed by atoms with E-state index >= 15 is 0 Å². The first-order chi connectivity index (χ1) is 9.20. The van der Waals surface area contributed by atoms with E-state index in [-0.39, 0.29) is 11.9 Å². The van der Waals surface area contributed by atoms with Gasteiger partial charge in [-0.25, -0.2) is 0 Å². The second-order valence-corrected chi connectivity index (χ2v) is 5.14. The van der Waals surface area contributed by atoms with Gasteiger partial charge in [0.25, 0.3) is 0 Å². The summed E-state index contributed by atoms with van der Waals surface area (Å²) in [6, 6.07) is 0.242. The lowest BCUT2D eigenvalue weighted by Crippen LogP contribution is -2.31. The minimum Gasteiger partial charge on any atom is -0.343 e. The average Bonchev–Trinajstić information content (AvgIpc) is 3.09. The summed E-state index contributed by atoms with van der Waals surface area (Å²) in [4.78, 5) is 13.9. The Balaban J connectivity index is 1.71. The standard InChI is InChI=1S/C14H24N4O/c1-3-18-11-13(10-16-18)12(2)15-7-6-14(19)17-8-4-5-9-17/h10-12,15H,3-9H2,1-2H3. The summed E-state index contributed by atoms with van der Waals surface area (Å²) in [6.45, 7) is 7.68. The van der Waals surface area contributed by atoms with Crippen molar-refractivity contribution < 1.29 is 4.79 Å². The fraction of sp³-hybridized carbons (Fsp3) is 0.714. The molecule has 2 rings (SSSR count). The molecule has 0 aromatic carbocycles. The first-order valence-corrected chi connectivity index (χ1v) is 7.24. The molecule has 0 bridgehead atoms. The van der Waals surface area contributed by atoms with Crippen molar-refractivity contribution in [1.29, 1.82) is 0 Å². The Kier molecular flexibility index (Phi) is 4.96. The summed E-state index contributed by atoms with van der Waals surface area (Å²) in [7, 11) is 0. The van der Waals surface area contributed by atoms with Gasteiger partial charge in [0.05, 0.1) is 6.20 Å². The number of aromatic nitrogens is 2. The van der Waals surface area contributed by atoms with E-state index in [1.165, 1.54) is 5.56 Å². The minimum atomic E-state index is 0.242. The van der Waals surface area contributed by atoms with Crippen LogP contribution >= 0.6 is 0 Å². The smallest absolute Gasteiger partial charge is 0.223 e. The number of carbonyl (C=O) groups excluding carboxylic acids is 1. The number of hydrogen-bond acceptors (Lipinski definition) is 3. The Morgan fingerprint density at radius 3 is 2.84 bits per heavy atom. The van der Waals surface area contributed by atoms with E-state index < -0.39 is 0 Å². The summed E-state index contributed by atoms with van der Waals surface area (Å²) < 4.78 is 1.92. The molecule has 19 heavy (non-hydrogen) atoms. The molecular weight excluding hydrogens is 240 g/mol. The molecule has 5 heteroatoms. The third-order valence-corrected chi connectivity index (χ3v) is 3.73. The largest absolute Gasteiger partial charge is 0.343 e. The molecule has 0 aliphatic carbocycles. The second kappa shape index (κ2) is 6.70. The SMILES string of the molecule is CCn1cc(C(C)NCCC(=O)N2CCCC2)cn1. The molecule has 1 N–H and O–H groups in total. The quantitative estimate of drug-likeness (QED) is 0.848. The number of aryl methyl sites for hydroxylation is 1. The van der Waals surface area contributed by atoms with Crippen molar-refractivity contribution in [2.24, 2.45) is 0 Å². The Labute approximate surface area is 115 Å². The fourth-order valence-corrected chi connectivity index (χ4v) is 2.41. The van der Waals surface area contributed by atoms with E-state index in [1.807, 2.05) is 15.8 Å². The highest BCUT2D eigenvalue weighted by molar-refractivity contribution is 5.76. The van der Waals surface area contributed by atoms with E-state index in [1.54, 1.807) is 0 Å². The van der Waals surface area contributed by atoms with Crippen LogP contribution in [0.5, 0.6) is 0 Å². The van der Waals surface area contributed by atoms with E-state index in [9.17, 15) is 4.79 Å². The molecule has 0 saturated carbocycles. The Morgan fingerprint density at radius 2 is 2.21 bits per heavy atom. The van der Waals surface area contributed by atoms with E-state index in [0.717, 1.165) is 39.0 Å². The van der Waals surface area contributed by atoms with Crippen molar-refractivity contribution in [3.05, 3.63) is 18.0 Å². The van der Waals surface area contributed by atoms with Crippen LogP contribution in [0.4, 0.5) is 0 Å². The van der Waals surface area contributed by atoms with Gasteiger partial charge in [0.2, 0.25) is 5.91 Å². The molecule has 1 aliphatic heterocycles. The summed E-state index contributed by atoms with van der Waals surface area (Å²) in [5, 5.41) is 7.65. The van der Waals surface area contributed by atoms with Crippen molar-refractivity contribution >= 4 is 5.91 Å². The fourth-order valence-electron chi connectivity index (χ4n) is 2.41. The van der Waals surface area contributed by atoms with Crippen molar-refractivity contribution in [2.75, 3.05) is 19.6 Å². The van der Waals surface area contributed by atoms with Gasteiger partial charge in [0, 0.05) is 50.4 Å². The number of hydrogen-bond donors (Lipinski definition) is 1. The predicted molar refractivity (Wildman–Crippen MR) is 74.7 cm³/mol. The number of likely N-dealkylation sites (tertiary alicyclic amines) is 1. The third-order valence-electron chi connectivity index (χ3n) is 3.73. The van der Waals surface area contributed by atoms with Gasteiger partial charge < -0.3 is 10.2 Å². The molecule has 0 spiro atoms. The first kappa shape index (κ1) is 14.1. The van der Waals surface area contributed by atoms with Crippen molar-refractivity contribution in [3.8, 4) is 0 Å². The zero-order valence-electron chi connectivity index (χ0n) is 11.9. The highest BCUT2D eigenvalue weighted by Crippen LogP contribution is 2.12. The first-order valence-electron chi connectivity index (χ1n) is 7.24. The van der Waals surface area contributed by atoms with Crippen LogP contribution in [0.15, 0.2) is 12.4 Å². The number of carbonyl (C=O) groups is 1. The topological polar surface area (TPSA) is 50.2 Å². The van der Waals surface area contributed by atoms with Gasteiger partial charge >= 0.3 is 0 Å². The molecule has 1 aliphatic rings. The molecule has 1 aromatic heterocycles. The van der Waals surface area contributed by atoms with Gasteiger partial charge in [-0.3, -0.25) is 9.48 Å². The number of nitrogens with zero attached hydrogens (tertiary/aromatic N) is 3. The average molecular weight is 264 g/mol. The monoisotopic (exact) mass is 264 g/mol. The van der Waals surface area contributed by atoms with Crippen molar-refractivity contribution in [3.63, 3.8) is 0 Å². The van der Waals surface area contributed by atoms with Gasteiger partial charge in [-0.15, -0.1) is 0 Å². The Hall–Kier alpha value is -1.36. The molecule has 5 nitrogen and oxygen atoms in total. The molecule has 1 unspecified atom stereocenters. The maximum absolute atomic E-state index is 11.9. The highest BCUT2D eigenvalue weighted by Gasteiger charge is 2.17. The van der Waals surface area contributed by atoms with Crippen LogP contribution in [-0.4, -0.2) is 40.2 Å². The van der Waals surface area contributed by atoms with Gasteiger partial charge in [0.15, 0.2) is 0 Å². The third kappa shape index (κ3) is 3.80. The highest BCUT2D eigenvalue weighted by atomic mass is 16.2. The van der Waals surface area contributed by atoms with Crippen LogP contribution in [0.3, 0.4) is 0 Å². The van der Waals surface area contributed by atoms with Crippen LogP contribution in [0.1, 0.15) is 44.7 Å². The second-order valence-electron chi connectivity index (χ2n) is 5.14. The van der Waals surface area contributed by atoms with Gasteiger partial charge in [-0.2, -0.15) is 5.10 Å². The Morgan fingerprint density at radius 1 is 1.47 bits per heavy atom. The van der Waals surface area contributed by atoms with Crippen molar-refractivity contribution in [2.45, 2.75) is 45.7 Å². The zero-order valence-corrected chi connectivity index (χ0v) is 11.9. The van der Waals surface area contributed by atoms with Gasteiger partial charge in [-0.05, 0) is 26.7 Å². The molecular formula is C14H24N4O. The summed E-state index contributed by atoms with van der Waals surface area (Å²) in [5.41, 5.74) is 1.18. The predicted octanol–water partition coefficient (Wildman–Crippen LogP) is 1.57. The number of nitrogens with one attached hydrogen (secondary N) is 1. The lowest BCUT2D eigenvalue weighted by Gasteiger charge is -2.16. The summed E-state index contributed by atoms with van der Waals surface area (Å²) in [6.07, 6.45) is 6.85.